The number of hydrogen-bond acceptors (Lipinski definition) is 4. The van der Waals surface area contributed by atoms with Crippen molar-refractivity contribution in [3.8, 4) is 0 Å². The van der Waals surface area contributed by atoms with Crippen molar-refractivity contribution < 1.29 is 19.1 Å². The molecule has 0 aromatic rings. The average molecular weight is 497 g/mol. The van der Waals surface area contributed by atoms with Crippen LogP contribution in [0.4, 0.5) is 0 Å². The van der Waals surface area contributed by atoms with Crippen LogP contribution in [0.3, 0.4) is 0 Å². The fourth-order valence-electron chi connectivity index (χ4n) is 4.63. The SMILES string of the molecule is CCC(CCCCCCCCCCCCCC(=O)OCCC(C)C)C(CC)C(=O)OCCC(C)C. The number of unbranched alkanes of at least 4 members (excludes halogenated alkanes) is 10. The highest BCUT2D eigenvalue weighted by atomic mass is 16.5. The molecule has 0 aliphatic carbocycles. The quantitative estimate of drug-likeness (QED) is 0.0986. The molecule has 0 aromatic heterocycles. The highest BCUT2D eigenvalue weighted by Crippen LogP contribution is 2.27. The number of ether oxygens (including phenoxy) is 2. The van der Waals surface area contributed by atoms with E-state index in [0.717, 1.165) is 44.9 Å². The first-order chi connectivity index (χ1) is 16.8. The molecule has 0 rings (SSSR count). The molecule has 0 radical (unpaired) electrons. The summed E-state index contributed by atoms with van der Waals surface area (Å²) in [6.45, 7) is 14.1. The first-order valence-electron chi connectivity index (χ1n) is 15.1. The standard InChI is InChI=1S/C31H60O4/c1-7-28(29(8-2)31(33)35-25-23-27(5)6)20-18-16-14-12-10-9-11-13-15-17-19-21-30(32)34-24-22-26(3)4/h26-29H,7-25H2,1-6H3. The van der Waals surface area contributed by atoms with Crippen LogP contribution in [0.5, 0.6) is 0 Å². The Morgan fingerprint density at radius 1 is 0.571 bits per heavy atom. The Labute approximate surface area is 218 Å². The summed E-state index contributed by atoms with van der Waals surface area (Å²) in [6, 6.07) is 0. The van der Waals surface area contributed by atoms with E-state index in [1.165, 1.54) is 57.8 Å². The lowest BCUT2D eigenvalue weighted by molar-refractivity contribution is -0.151. The topological polar surface area (TPSA) is 52.6 Å². The van der Waals surface area contributed by atoms with Crippen molar-refractivity contribution in [2.75, 3.05) is 13.2 Å². The summed E-state index contributed by atoms with van der Waals surface area (Å²) in [7, 11) is 0. The summed E-state index contributed by atoms with van der Waals surface area (Å²) in [5.41, 5.74) is 0. The summed E-state index contributed by atoms with van der Waals surface area (Å²) >= 11 is 0. The van der Waals surface area contributed by atoms with E-state index in [0.29, 0.717) is 37.4 Å². The number of carbonyl (C=O) groups is 2. The third-order valence-electron chi connectivity index (χ3n) is 7.19. The van der Waals surface area contributed by atoms with Gasteiger partial charge in [0.2, 0.25) is 0 Å². The van der Waals surface area contributed by atoms with Crippen LogP contribution in [-0.4, -0.2) is 25.2 Å². The number of esters is 2. The normalized spacial score (nSPS) is 13.3. The van der Waals surface area contributed by atoms with E-state index in [2.05, 4.69) is 41.5 Å². The largest absolute Gasteiger partial charge is 0.466 e. The van der Waals surface area contributed by atoms with Crippen molar-refractivity contribution in [1.29, 1.82) is 0 Å². The van der Waals surface area contributed by atoms with E-state index >= 15 is 0 Å². The van der Waals surface area contributed by atoms with Crippen molar-refractivity contribution in [3.05, 3.63) is 0 Å². The average Bonchev–Trinajstić information content (AvgIpc) is 2.80. The van der Waals surface area contributed by atoms with Gasteiger partial charge in [-0.2, -0.15) is 0 Å². The Kier molecular flexibility index (Phi) is 22.6. The monoisotopic (exact) mass is 496 g/mol. The van der Waals surface area contributed by atoms with Gasteiger partial charge in [0, 0.05) is 6.42 Å². The maximum Gasteiger partial charge on any atom is 0.309 e. The van der Waals surface area contributed by atoms with E-state index in [1.54, 1.807) is 0 Å². The Morgan fingerprint density at radius 3 is 1.49 bits per heavy atom. The van der Waals surface area contributed by atoms with Crippen LogP contribution in [0.1, 0.15) is 151 Å². The first kappa shape index (κ1) is 33.9. The molecular weight excluding hydrogens is 436 g/mol. The van der Waals surface area contributed by atoms with Crippen molar-refractivity contribution >= 4 is 11.9 Å². The molecule has 208 valence electrons. The fourth-order valence-corrected chi connectivity index (χ4v) is 4.63. The summed E-state index contributed by atoms with van der Waals surface area (Å²) in [5.74, 6) is 1.71. The third kappa shape index (κ3) is 20.8. The Morgan fingerprint density at radius 2 is 1.03 bits per heavy atom. The van der Waals surface area contributed by atoms with Gasteiger partial charge in [-0.1, -0.05) is 112 Å². The van der Waals surface area contributed by atoms with Crippen LogP contribution in [0.15, 0.2) is 0 Å². The van der Waals surface area contributed by atoms with Gasteiger partial charge in [0.15, 0.2) is 0 Å². The minimum Gasteiger partial charge on any atom is -0.466 e. The molecule has 0 heterocycles. The van der Waals surface area contributed by atoms with E-state index in [1.807, 2.05) is 0 Å². The maximum absolute atomic E-state index is 12.5. The molecule has 0 aliphatic heterocycles. The molecule has 4 nitrogen and oxygen atoms in total. The zero-order valence-electron chi connectivity index (χ0n) is 24.4. The lowest BCUT2D eigenvalue weighted by atomic mass is 9.84. The van der Waals surface area contributed by atoms with Crippen molar-refractivity contribution in [2.45, 2.75) is 151 Å². The van der Waals surface area contributed by atoms with Gasteiger partial charge >= 0.3 is 11.9 Å². The molecule has 0 aliphatic rings. The van der Waals surface area contributed by atoms with Gasteiger partial charge < -0.3 is 9.47 Å². The summed E-state index contributed by atoms with van der Waals surface area (Å²) in [5, 5.41) is 0. The Balaban J connectivity index is 3.65. The predicted molar refractivity (Wildman–Crippen MR) is 148 cm³/mol. The molecular formula is C31H60O4. The number of hydrogen-bond donors (Lipinski definition) is 0. The molecule has 0 spiro atoms. The van der Waals surface area contributed by atoms with Gasteiger partial charge in [0.25, 0.3) is 0 Å². The second-order valence-corrected chi connectivity index (χ2v) is 11.4. The van der Waals surface area contributed by atoms with Crippen LogP contribution < -0.4 is 0 Å². The molecule has 0 N–H and O–H groups in total. The fraction of sp³-hybridized carbons (Fsp3) is 0.935. The second-order valence-electron chi connectivity index (χ2n) is 11.4. The summed E-state index contributed by atoms with van der Waals surface area (Å²) < 4.78 is 10.8. The van der Waals surface area contributed by atoms with Crippen molar-refractivity contribution in [1.82, 2.24) is 0 Å². The molecule has 0 bridgehead atoms. The van der Waals surface area contributed by atoms with E-state index in [4.69, 9.17) is 9.47 Å². The minimum absolute atomic E-state index is 0.0253. The van der Waals surface area contributed by atoms with E-state index in [-0.39, 0.29) is 17.9 Å². The van der Waals surface area contributed by atoms with Gasteiger partial charge in [0.1, 0.15) is 0 Å². The van der Waals surface area contributed by atoms with Crippen LogP contribution in [0.25, 0.3) is 0 Å². The summed E-state index contributed by atoms with van der Waals surface area (Å²) in [6.07, 6.45) is 19.3. The van der Waals surface area contributed by atoms with Gasteiger partial charge in [0.05, 0.1) is 19.1 Å². The Hall–Kier alpha value is -1.06. The molecule has 0 saturated heterocycles. The zero-order chi connectivity index (χ0) is 26.3. The van der Waals surface area contributed by atoms with Crippen LogP contribution in [0, 0.1) is 23.7 Å². The predicted octanol–water partition coefficient (Wildman–Crippen LogP) is 9.29. The van der Waals surface area contributed by atoms with Gasteiger partial charge in [-0.3, -0.25) is 9.59 Å². The van der Waals surface area contributed by atoms with Gasteiger partial charge in [-0.15, -0.1) is 0 Å². The summed E-state index contributed by atoms with van der Waals surface area (Å²) in [4.78, 5) is 24.2. The molecule has 0 fully saturated rings. The molecule has 0 saturated carbocycles. The van der Waals surface area contributed by atoms with Crippen molar-refractivity contribution in [3.63, 3.8) is 0 Å². The van der Waals surface area contributed by atoms with Crippen LogP contribution in [-0.2, 0) is 19.1 Å². The third-order valence-corrected chi connectivity index (χ3v) is 7.19. The first-order valence-corrected chi connectivity index (χ1v) is 15.1. The molecule has 4 heteroatoms. The van der Waals surface area contributed by atoms with Crippen LogP contribution >= 0.6 is 0 Å². The van der Waals surface area contributed by atoms with Gasteiger partial charge in [-0.25, -0.2) is 0 Å². The van der Waals surface area contributed by atoms with E-state index in [9.17, 15) is 9.59 Å². The zero-order valence-corrected chi connectivity index (χ0v) is 24.4. The number of rotatable bonds is 24. The van der Waals surface area contributed by atoms with Crippen molar-refractivity contribution in [2.24, 2.45) is 23.7 Å². The van der Waals surface area contributed by atoms with Gasteiger partial charge in [-0.05, 0) is 49.9 Å². The van der Waals surface area contributed by atoms with E-state index < -0.39 is 0 Å². The molecule has 0 aromatic carbocycles. The second kappa shape index (κ2) is 23.3. The lowest BCUT2D eigenvalue weighted by Crippen LogP contribution is -2.26. The lowest BCUT2D eigenvalue weighted by Gasteiger charge is -2.24. The Bertz CT molecular complexity index is 500. The minimum atomic E-state index is -0.0253. The molecule has 2 unspecified atom stereocenters. The highest BCUT2D eigenvalue weighted by Gasteiger charge is 2.26. The van der Waals surface area contributed by atoms with Crippen LogP contribution in [0.2, 0.25) is 0 Å². The molecule has 0 amide bonds. The number of carbonyl (C=O) groups excluding carboxylic acids is 2. The highest BCUT2D eigenvalue weighted by molar-refractivity contribution is 5.72. The molecule has 35 heavy (non-hydrogen) atoms. The molecule has 2 atom stereocenters. The maximum atomic E-state index is 12.5. The smallest absolute Gasteiger partial charge is 0.309 e.